The molecule has 0 aliphatic carbocycles. The van der Waals surface area contributed by atoms with E-state index in [2.05, 4.69) is 16.0 Å². The third kappa shape index (κ3) is 5.83. The van der Waals surface area contributed by atoms with Crippen molar-refractivity contribution >= 4 is 29.1 Å². The standard InChI is InChI=1S/C23H28N4O3/c1-2-13-24-22(29)17-5-11-20(12-6-17)26-21(28)16-25-19-9-7-18(8-10-19)23(30)27-14-3-4-15-27/h5-12,25H,2-4,13-16H2,1H3,(H,24,29)(H,26,28). The van der Waals surface area contributed by atoms with Crippen LogP contribution in [0.2, 0.25) is 0 Å². The third-order valence-corrected chi connectivity index (χ3v) is 4.94. The monoisotopic (exact) mass is 408 g/mol. The van der Waals surface area contributed by atoms with Crippen LogP contribution in [0.3, 0.4) is 0 Å². The molecule has 3 N–H and O–H groups in total. The average molecular weight is 409 g/mol. The van der Waals surface area contributed by atoms with Crippen molar-refractivity contribution in [2.75, 3.05) is 36.8 Å². The summed E-state index contributed by atoms with van der Waals surface area (Å²) in [7, 11) is 0. The van der Waals surface area contributed by atoms with Crippen LogP contribution >= 0.6 is 0 Å². The highest BCUT2D eigenvalue weighted by Gasteiger charge is 2.19. The zero-order valence-corrected chi connectivity index (χ0v) is 17.2. The molecule has 0 bridgehead atoms. The fraction of sp³-hybridized carbons (Fsp3) is 0.348. The summed E-state index contributed by atoms with van der Waals surface area (Å²) in [5.74, 6) is -0.262. The Morgan fingerprint density at radius 2 is 1.47 bits per heavy atom. The van der Waals surface area contributed by atoms with Gasteiger partial charge in [-0.25, -0.2) is 0 Å². The Hall–Kier alpha value is -3.35. The van der Waals surface area contributed by atoms with Gasteiger partial charge in [-0.05, 0) is 67.8 Å². The van der Waals surface area contributed by atoms with Gasteiger partial charge in [0.05, 0.1) is 6.54 Å². The van der Waals surface area contributed by atoms with Crippen molar-refractivity contribution in [3.63, 3.8) is 0 Å². The molecule has 0 aromatic heterocycles. The van der Waals surface area contributed by atoms with E-state index in [0.717, 1.165) is 38.0 Å². The Morgan fingerprint density at radius 3 is 2.10 bits per heavy atom. The van der Waals surface area contributed by atoms with E-state index in [1.165, 1.54) is 0 Å². The molecule has 158 valence electrons. The molecule has 2 aromatic carbocycles. The van der Waals surface area contributed by atoms with E-state index in [0.29, 0.717) is 23.4 Å². The Morgan fingerprint density at radius 1 is 0.867 bits per heavy atom. The Bertz CT molecular complexity index is 872. The summed E-state index contributed by atoms with van der Waals surface area (Å²) in [5, 5.41) is 8.66. The lowest BCUT2D eigenvalue weighted by molar-refractivity contribution is -0.114. The maximum atomic E-state index is 12.4. The second-order valence-electron chi connectivity index (χ2n) is 7.31. The van der Waals surface area contributed by atoms with Gasteiger partial charge >= 0.3 is 0 Å². The maximum absolute atomic E-state index is 12.4. The number of likely N-dealkylation sites (tertiary alicyclic amines) is 1. The van der Waals surface area contributed by atoms with E-state index in [1.807, 2.05) is 11.8 Å². The van der Waals surface area contributed by atoms with E-state index in [1.54, 1.807) is 48.5 Å². The lowest BCUT2D eigenvalue weighted by atomic mass is 10.2. The molecule has 0 saturated carbocycles. The predicted octanol–water partition coefficient (Wildman–Crippen LogP) is 3.11. The van der Waals surface area contributed by atoms with Crippen LogP contribution in [0.25, 0.3) is 0 Å². The molecule has 3 rings (SSSR count). The molecule has 0 atom stereocenters. The lowest BCUT2D eigenvalue weighted by Gasteiger charge is -2.15. The third-order valence-electron chi connectivity index (χ3n) is 4.94. The van der Waals surface area contributed by atoms with Crippen LogP contribution in [-0.4, -0.2) is 48.8 Å². The number of benzene rings is 2. The van der Waals surface area contributed by atoms with Crippen LogP contribution in [-0.2, 0) is 4.79 Å². The van der Waals surface area contributed by atoms with E-state index in [9.17, 15) is 14.4 Å². The van der Waals surface area contributed by atoms with Crippen LogP contribution in [0, 0.1) is 0 Å². The van der Waals surface area contributed by atoms with E-state index < -0.39 is 0 Å². The largest absolute Gasteiger partial charge is 0.376 e. The van der Waals surface area contributed by atoms with E-state index in [-0.39, 0.29) is 24.3 Å². The number of anilines is 2. The topological polar surface area (TPSA) is 90.5 Å². The Labute approximate surface area is 176 Å². The van der Waals surface area contributed by atoms with Crippen LogP contribution in [0.15, 0.2) is 48.5 Å². The van der Waals surface area contributed by atoms with Gasteiger partial charge in [0.25, 0.3) is 11.8 Å². The minimum atomic E-state index is -0.199. The number of hydrogen-bond donors (Lipinski definition) is 3. The molecular weight excluding hydrogens is 380 g/mol. The molecule has 2 aromatic rings. The van der Waals surface area contributed by atoms with Crippen molar-refractivity contribution in [2.24, 2.45) is 0 Å². The summed E-state index contributed by atoms with van der Waals surface area (Å²) < 4.78 is 0. The zero-order valence-electron chi connectivity index (χ0n) is 17.2. The maximum Gasteiger partial charge on any atom is 0.253 e. The highest BCUT2D eigenvalue weighted by atomic mass is 16.2. The van der Waals surface area contributed by atoms with Gasteiger partial charge in [0.2, 0.25) is 5.91 Å². The first-order chi connectivity index (χ1) is 14.6. The molecular formula is C23H28N4O3. The predicted molar refractivity (Wildman–Crippen MR) is 118 cm³/mol. The SMILES string of the molecule is CCCNC(=O)c1ccc(NC(=O)CNc2ccc(C(=O)N3CCCC3)cc2)cc1. The summed E-state index contributed by atoms with van der Waals surface area (Å²) in [6.07, 6.45) is 3.01. The first-order valence-electron chi connectivity index (χ1n) is 10.4. The second-order valence-corrected chi connectivity index (χ2v) is 7.31. The Balaban J connectivity index is 1.46. The fourth-order valence-electron chi connectivity index (χ4n) is 3.27. The molecule has 1 saturated heterocycles. The number of rotatable bonds is 8. The molecule has 1 aliphatic heterocycles. The molecule has 1 fully saturated rings. The number of nitrogens with zero attached hydrogens (tertiary/aromatic N) is 1. The first kappa shape index (κ1) is 21.4. The van der Waals surface area contributed by atoms with Crippen LogP contribution in [0.5, 0.6) is 0 Å². The molecule has 7 nitrogen and oxygen atoms in total. The van der Waals surface area contributed by atoms with Gasteiger partial charge in [-0.15, -0.1) is 0 Å². The van der Waals surface area contributed by atoms with Gasteiger partial charge in [0.1, 0.15) is 0 Å². The smallest absolute Gasteiger partial charge is 0.253 e. The highest BCUT2D eigenvalue weighted by Crippen LogP contribution is 2.15. The number of hydrogen-bond acceptors (Lipinski definition) is 4. The average Bonchev–Trinajstić information content (AvgIpc) is 3.31. The molecule has 3 amide bonds. The lowest BCUT2D eigenvalue weighted by Crippen LogP contribution is -2.27. The summed E-state index contributed by atoms with van der Waals surface area (Å²) >= 11 is 0. The van der Waals surface area contributed by atoms with E-state index >= 15 is 0 Å². The van der Waals surface area contributed by atoms with Crippen LogP contribution < -0.4 is 16.0 Å². The normalized spacial score (nSPS) is 13.0. The zero-order chi connectivity index (χ0) is 21.3. The molecule has 0 radical (unpaired) electrons. The number of amides is 3. The fourth-order valence-corrected chi connectivity index (χ4v) is 3.27. The van der Waals surface area contributed by atoms with Crippen molar-refractivity contribution in [1.29, 1.82) is 0 Å². The minimum Gasteiger partial charge on any atom is -0.376 e. The summed E-state index contributed by atoms with van der Waals surface area (Å²) in [6.45, 7) is 4.37. The molecule has 0 spiro atoms. The van der Waals surface area contributed by atoms with Gasteiger partial charge in [0, 0.05) is 42.1 Å². The number of carbonyl (C=O) groups is 3. The summed E-state index contributed by atoms with van der Waals surface area (Å²) in [6, 6.07) is 14.0. The van der Waals surface area contributed by atoms with Crippen molar-refractivity contribution < 1.29 is 14.4 Å². The van der Waals surface area contributed by atoms with Crippen molar-refractivity contribution in [3.05, 3.63) is 59.7 Å². The molecule has 1 heterocycles. The Kier molecular flexibility index (Phi) is 7.43. The van der Waals surface area contributed by atoms with Gasteiger partial charge in [-0.2, -0.15) is 0 Å². The molecule has 7 heteroatoms. The number of carbonyl (C=O) groups excluding carboxylic acids is 3. The van der Waals surface area contributed by atoms with Gasteiger partial charge in [-0.1, -0.05) is 6.92 Å². The van der Waals surface area contributed by atoms with Crippen molar-refractivity contribution in [3.8, 4) is 0 Å². The molecule has 1 aliphatic rings. The molecule has 0 unspecified atom stereocenters. The summed E-state index contributed by atoms with van der Waals surface area (Å²) in [5.41, 5.74) is 2.62. The minimum absolute atomic E-state index is 0.0589. The van der Waals surface area contributed by atoms with Gasteiger partial charge in [-0.3, -0.25) is 14.4 Å². The number of nitrogens with one attached hydrogen (secondary N) is 3. The van der Waals surface area contributed by atoms with Crippen LogP contribution in [0.1, 0.15) is 46.9 Å². The second kappa shape index (κ2) is 10.4. The van der Waals surface area contributed by atoms with E-state index in [4.69, 9.17) is 0 Å². The van der Waals surface area contributed by atoms with Crippen LogP contribution in [0.4, 0.5) is 11.4 Å². The van der Waals surface area contributed by atoms with Gasteiger partial charge in [0.15, 0.2) is 0 Å². The first-order valence-corrected chi connectivity index (χ1v) is 10.4. The quantitative estimate of drug-likeness (QED) is 0.626. The van der Waals surface area contributed by atoms with Gasteiger partial charge < -0.3 is 20.9 Å². The van der Waals surface area contributed by atoms with Crippen molar-refractivity contribution in [2.45, 2.75) is 26.2 Å². The summed E-state index contributed by atoms with van der Waals surface area (Å²) in [4.78, 5) is 38.3. The molecule has 30 heavy (non-hydrogen) atoms. The highest BCUT2D eigenvalue weighted by molar-refractivity contribution is 5.97. The van der Waals surface area contributed by atoms with Crippen molar-refractivity contribution in [1.82, 2.24) is 10.2 Å².